The zero-order valence-corrected chi connectivity index (χ0v) is 58.7. The first-order chi connectivity index (χ1) is 44.5. The van der Waals surface area contributed by atoms with Gasteiger partial charge in [0.25, 0.3) is 11.8 Å². The summed E-state index contributed by atoms with van der Waals surface area (Å²) in [7, 11) is 8.63. The molecule has 522 valence electrons. The van der Waals surface area contributed by atoms with Crippen molar-refractivity contribution in [2.24, 2.45) is 53.1 Å². The number of methoxy groups -OCH3 is 2. The zero-order valence-electron chi connectivity index (χ0n) is 58.7. The lowest BCUT2D eigenvalue weighted by molar-refractivity contribution is -0.149. The van der Waals surface area contributed by atoms with Crippen molar-refractivity contribution in [1.29, 1.82) is 0 Å². The number of benzene rings is 2. The molecule has 0 radical (unpaired) electrons. The second-order valence-electron chi connectivity index (χ2n) is 27.4. The molecule has 21 heteroatoms. The monoisotopic (exact) mass is 1310 g/mol. The molecule has 2 aliphatic rings. The van der Waals surface area contributed by atoms with Crippen LogP contribution >= 0.6 is 0 Å². The van der Waals surface area contributed by atoms with E-state index in [0.29, 0.717) is 69.9 Å². The summed E-state index contributed by atoms with van der Waals surface area (Å²) in [6.07, 6.45) is 6.38. The summed E-state index contributed by atoms with van der Waals surface area (Å²) in [5.74, 6) is -5.25. The number of hydrogen-bond donors (Lipinski definition) is 4. The highest BCUT2D eigenvalue weighted by molar-refractivity contribution is 6.12. The molecule has 11 atom stereocenters. The molecule has 21 nitrogen and oxygen atoms in total. The number of urea groups is 1. The van der Waals surface area contributed by atoms with E-state index in [1.807, 2.05) is 129 Å². The maximum atomic E-state index is 14.6. The van der Waals surface area contributed by atoms with Crippen LogP contribution in [0.4, 0.5) is 4.79 Å². The molecular formula is C73H112N8O13. The van der Waals surface area contributed by atoms with Crippen molar-refractivity contribution in [1.82, 2.24) is 35.6 Å². The molecule has 1 fully saturated rings. The number of ketones is 4. The van der Waals surface area contributed by atoms with Crippen molar-refractivity contribution in [3.8, 4) is 0 Å². The maximum Gasteiger partial charge on any atom is 0.312 e. The normalized spacial score (nSPS) is 17.3. The molecule has 0 saturated carbocycles. The van der Waals surface area contributed by atoms with Gasteiger partial charge in [-0.05, 0) is 106 Å². The number of carbonyl (C=O) groups excluding carboxylic acids is 11. The number of nitrogens with zero attached hydrogens (tertiary/aromatic N) is 4. The number of likely N-dealkylation sites (N-methyl/N-ethyl adjacent to an activating group) is 2. The highest BCUT2D eigenvalue weighted by Crippen LogP contribution is 2.32. The summed E-state index contributed by atoms with van der Waals surface area (Å²) in [6, 6.07) is 14.0. The first-order valence-corrected chi connectivity index (χ1v) is 34.2. The van der Waals surface area contributed by atoms with Gasteiger partial charge in [0.1, 0.15) is 11.6 Å². The number of imide groups is 1. The number of carbonyl (C=O) groups is 11. The van der Waals surface area contributed by atoms with Gasteiger partial charge in [-0.25, -0.2) is 4.79 Å². The Morgan fingerprint density at radius 3 is 1.88 bits per heavy atom. The summed E-state index contributed by atoms with van der Waals surface area (Å²) in [5.41, 5.74) is 7.75. The number of hydrogen-bond acceptors (Lipinski definition) is 14. The molecule has 4 rings (SSSR count). The van der Waals surface area contributed by atoms with E-state index in [-0.39, 0.29) is 147 Å². The fraction of sp³-hybridized carbons (Fsp3) is 0.658. The first-order valence-electron chi connectivity index (χ1n) is 34.2. The quantitative estimate of drug-likeness (QED) is 0.0366. The third-order valence-corrected chi connectivity index (χ3v) is 19.2. The van der Waals surface area contributed by atoms with E-state index < -0.39 is 65.9 Å². The molecule has 2 aromatic rings. The van der Waals surface area contributed by atoms with Crippen molar-refractivity contribution >= 4 is 64.6 Å². The number of likely N-dealkylation sites (tertiary alicyclic amines) is 1. The topological polar surface area (TPSA) is 281 Å². The molecule has 0 aliphatic carbocycles. The number of amides is 8. The fourth-order valence-electron chi connectivity index (χ4n) is 13.5. The van der Waals surface area contributed by atoms with Crippen LogP contribution in [0.5, 0.6) is 0 Å². The average molecular weight is 1310 g/mol. The molecule has 2 heterocycles. The van der Waals surface area contributed by atoms with E-state index in [2.05, 4.69) is 16.0 Å². The van der Waals surface area contributed by atoms with Crippen LogP contribution in [-0.2, 0) is 76.7 Å². The minimum Gasteiger partial charge on any atom is -0.379 e. The Labute approximate surface area is 559 Å². The van der Waals surface area contributed by atoms with Gasteiger partial charge in [0.15, 0.2) is 11.6 Å². The van der Waals surface area contributed by atoms with Crippen LogP contribution < -0.4 is 21.7 Å². The number of rotatable bonds is 44. The van der Waals surface area contributed by atoms with Crippen LogP contribution in [0.2, 0.25) is 0 Å². The molecule has 8 amide bonds. The molecular weight excluding hydrogens is 1200 g/mol. The van der Waals surface area contributed by atoms with Gasteiger partial charge in [0, 0.05) is 115 Å². The lowest BCUT2D eigenvalue weighted by Crippen LogP contribution is -2.54. The van der Waals surface area contributed by atoms with E-state index in [0.717, 1.165) is 11.1 Å². The van der Waals surface area contributed by atoms with Crippen LogP contribution in [0.15, 0.2) is 66.7 Å². The second-order valence-corrected chi connectivity index (χ2v) is 27.4. The molecule has 94 heavy (non-hydrogen) atoms. The number of Topliss-reactive ketones (excluding diaryl/α,β-unsaturated/α-hetero) is 4. The van der Waals surface area contributed by atoms with E-state index in [1.165, 1.54) is 17.1 Å². The average Bonchev–Trinajstić information content (AvgIpc) is 1.43. The Balaban J connectivity index is 1.40. The van der Waals surface area contributed by atoms with Crippen molar-refractivity contribution in [3.05, 3.63) is 83.4 Å². The van der Waals surface area contributed by atoms with Crippen LogP contribution in [-0.4, -0.2) is 182 Å². The van der Waals surface area contributed by atoms with Gasteiger partial charge >= 0.3 is 6.03 Å². The Hall–Kier alpha value is -6.97. The maximum absolute atomic E-state index is 14.6. The number of unbranched alkanes of at least 4 members (excludes halogenated alkanes) is 2. The Bertz CT molecular complexity index is 2830. The van der Waals surface area contributed by atoms with Gasteiger partial charge in [0.05, 0.1) is 42.8 Å². The van der Waals surface area contributed by atoms with E-state index in [4.69, 9.17) is 15.2 Å². The minimum absolute atomic E-state index is 0.0103. The summed E-state index contributed by atoms with van der Waals surface area (Å²) in [6.45, 7) is 18.7. The number of nitrogens with two attached hydrogens (primary N) is 1. The molecule has 1 saturated heterocycles. The largest absolute Gasteiger partial charge is 0.379 e. The third-order valence-electron chi connectivity index (χ3n) is 19.2. The van der Waals surface area contributed by atoms with Gasteiger partial charge in [-0.1, -0.05) is 130 Å². The summed E-state index contributed by atoms with van der Waals surface area (Å²) in [5, 5.41) is 8.51. The predicted molar refractivity (Wildman–Crippen MR) is 363 cm³/mol. The van der Waals surface area contributed by atoms with Gasteiger partial charge in [-0.3, -0.25) is 57.7 Å². The lowest BCUT2D eigenvalue weighted by Gasteiger charge is -2.41. The SMILES string of the molecule is CC[C@H](C)C(C(CC(=O)N1CCCC1C(OC)[C@@H](C)C(=O)C[C@@H](Cc1ccccc1)C(=O)NCCc1ccc(CC(=O)[C@@H](CCCNC(N)=O)NC(=O)[C@H](CC(=O)CCCCCN2C(=O)C=CC2=O)C(C)C)cc1)OC)N(C)C(=O)[C@@H](CC(=O)C(C(C)C)N(C)C)C(C)C. The van der Waals surface area contributed by atoms with Crippen molar-refractivity contribution in [3.63, 3.8) is 0 Å². The van der Waals surface area contributed by atoms with Crippen LogP contribution in [0.1, 0.15) is 162 Å². The van der Waals surface area contributed by atoms with Crippen molar-refractivity contribution in [2.75, 3.05) is 61.5 Å². The second kappa shape index (κ2) is 39.8. The smallest absolute Gasteiger partial charge is 0.312 e. The summed E-state index contributed by atoms with van der Waals surface area (Å²) in [4.78, 5) is 154. The number of nitrogens with one attached hydrogen (secondary N) is 3. The molecule has 0 spiro atoms. The molecule has 0 bridgehead atoms. The van der Waals surface area contributed by atoms with Crippen LogP contribution in [0.25, 0.3) is 0 Å². The summed E-state index contributed by atoms with van der Waals surface area (Å²) >= 11 is 0. The van der Waals surface area contributed by atoms with E-state index in [9.17, 15) is 52.7 Å². The molecule has 2 aromatic carbocycles. The Morgan fingerprint density at radius 2 is 1.31 bits per heavy atom. The molecule has 2 aliphatic heterocycles. The standard InChI is InChI=1S/C73H112N8O13/c1-15-49(8)68(79(12)72(91)57(47(4)5)44-62(85)67(48(6)7)78(10)11)63(93-13)45-66(88)80-39-23-28-59(80)69(94-14)50(9)60(83)42-54(40-52-24-18-16-19-25-52)70(89)75-37-35-51-29-31-53(32-30-51)41-61(84)58(27-22-36-76-73(74)92)77-71(90)56(46(2)3)43-55(82)26-20-17-21-38-81-64(86)33-34-65(81)87/h16,18-19,24-25,29-34,46-50,54,56-59,63,67-69H,15,17,20-23,26-28,35-45H2,1-14H3,(H,75,89)(H,77,90)(H3,74,76,92)/t49-,50-,54+,56+,57-,58+,59?,63?,67?,68?,69?/m0/s1. The number of ether oxygens (including phenoxy) is 2. The Morgan fingerprint density at radius 1 is 0.670 bits per heavy atom. The van der Waals surface area contributed by atoms with Gasteiger partial charge < -0.3 is 41.0 Å². The van der Waals surface area contributed by atoms with Crippen LogP contribution in [0.3, 0.4) is 0 Å². The lowest BCUT2D eigenvalue weighted by atomic mass is 9.83. The van der Waals surface area contributed by atoms with E-state index in [1.54, 1.807) is 38.0 Å². The van der Waals surface area contributed by atoms with Crippen molar-refractivity contribution in [2.45, 2.75) is 201 Å². The molecule has 5 N–H and O–H groups in total. The minimum atomic E-state index is -0.916. The van der Waals surface area contributed by atoms with E-state index >= 15 is 0 Å². The zero-order chi connectivity index (χ0) is 69.9. The number of primary amides is 1. The van der Waals surface area contributed by atoms with Crippen molar-refractivity contribution < 1.29 is 62.2 Å². The summed E-state index contributed by atoms with van der Waals surface area (Å²) < 4.78 is 12.3. The predicted octanol–water partition coefficient (Wildman–Crippen LogP) is 7.66. The highest BCUT2D eigenvalue weighted by Gasteiger charge is 2.44. The third kappa shape index (κ3) is 24.3. The van der Waals surface area contributed by atoms with Gasteiger partial charge in [-0.15, -0.1) is 0 Å². The Kier molecular flexibility index (Phi) is 33.6. The first kappa shape index (κ1) is 79.5. The highest BCUT2D eigenvalue weighted by atomic mass is 16.5. The molecule has 5 unspecified atom stereocenters. The molecule has 0 aromatic heterocycles. The fourth-order valence-corrected chi connectivity index (χ4v) is 13.5. The van der Waals surface area contributed by atoms with Gasteiger partial charge in [-0.2, -0.15) is 0 Å². The van der Waals surface area contributed by atoms with Gasteiger partial charge in [0.2, 0.25) is 23.6 Å². The van der Waals surface area contributed by atoms with Crippen LogP contribution in [0, 0.1) is 47.3 Å².